The maximum atomic E-state index is 11.8. The summed E-state index contributed by atoms with van der Waals surface area (Å²) in [5.41, 5.74) is 6.49. The number of nitrogens with zero attached hydrogens (tertiary/aromatic N) is 2. The number of carbonyl (C=O) groups is 1. The second-order valence-electron chi connectivity index (χ2n) is 4.01. The van der Waals surface area contributed by atoms with E-state index in [-0.39, 0.29) is 11.9 Å². The molecule has 16 heavy (non-hydrogen) atoms. The first-order valence-electron chi connectivity index (χ1n) is 5.53. The van der Waals surface area contributed by atoms with Crippen molar-refractivity contribution >= 4 is 5.91 Å². The standard InChI is InChI=1S/C12H19N3O/c1-10(2)15(12(16)3-6-13)9-11-4-7-14-8-5-11/h4-5,7-8,10H,3,6,9,13H2,1-2H3. The molecule has 0 radical (unpaired) electrons. The van der Waals surface area contributed by atoms with Gasteiger partial charge in [-0.05, 0) is 31.5 Å². The fraction of sp³-hybridized carbons (Fsp3) is 0.500. The molecule has 0 aliphatic heterocycles. The Bertz CT molecular complexity index is 324. The van der Waals surface area contributed by atoms with Crippen LogP contribution >= 0.6 is 0 Å². The molecular weight excluding hydrogens is 202 g/mol. The molecule has 0 saturated heterocycles. The van der Waals surface area contributed by atoms with Gasteiger partial charge in [0.15, 0.2) is 0 Å². The van der Waals surface area contributed by atoms with Gasteiger partial charge < -0.3 is 10.6 Å². The predicted octanol–water partition coefficient (Wildman–Crippen LogP) is 1.17. The fourth-order valence-electron chi connectivity index (χ4n) is 1.51. The van der Waals surface area contributed by atoms with Crippen LogP contribution in [0.4, 0.5) is 0 Å². The summed E-state index contributed by atoms with van der Waals surface area (Å²) >= 11 is 0. The first kappa shape index (κ1) is 12.6. The molecular formula is C12H19N3O. The monoisotopic (exact) mass is 221 g/mol. The number of rotatable bonds is 5. The summed E-state index contributed by atoms with van der Waals surface area (Å²) in [6.07, 6.45) is 3.88. The van der Waals surface area contributed by atoms with Crippen LogP contribution in [-0.4, -0.2) is 28.4 Å². The van der Waals surface area contributed by atoms with Crippen molar-refractivity contribution in [3.8, 4) is 0 Å². The van der Waals surface area contributed by atoms with Gasteiger partial charge in [-0.15, -0.1) is 0 Å². The van der Waals surface area contributed by atoms with E-state index < -0.39 is 0 Å². The van der Waals surface area contributed by atoms with Crippen LogP contribution in [0.1, 0.15) is 25.8 Å². The SMILES string of the molecule is CC(C)N(Cc1ccncc1)C(=O)CCN. The minimum Gasteiger partial charge on any atom is -0.336 e. The highest BCUT2D eigenvalue weighted by Gasteiger charge is 2.16. The first-order valence-corrected chi connectivity index (χ1v) is 5.53. The third-order valence-electron chi connectivity index (χ3n) is 2.40. The number of hydrogen-bond donors (Lipinski definition) is 1. The van der Waals surface area contributed by atoms with E-state index >= 15 is 0 Å². The zero-order valence-corrected chi connectivity index (χ0v) is 9.89. The quantitative estimate of drug-likeness (QED) is 0.812. The van der Waals surface area contributed by atoms with Gasteiger partial charge in [0.1, 0.15) is 0 Å². The summed E-state index contributed by atoms with van der Waals surface area (Å²) in [7, 11) is 0. The van der Waals surface area contributed by atoms with Crippen molar-refractivity contribution in [2.45, 2.75) is 32.9 Å². The lowest BCUT2D eigenvalue weighted by Gasteiger charge is -2.26. The largest absolute Gasteiger partial charge is 0.336 e. The minimum absolute atomic E-state index is 0.106. The molecule has 0 aliphatic carbocycles. The average molecular weight is 221 g/mol. The molecule has 4 heteroatoms. The molecule has 1 aromatic heterocycles. The van der Waals surface area contributed by atoms with Gasteiger partial charge in [-0.1, -0.05) is 0 Å². The molecule has 4 nitrogen and oxygen atoms in total. The molecule has 0 saturated carbocycles. The van der Waals surface area contributed by atoms with Crippen LogP contribution in [-0.2, 0) is 11.3 Å². The number of pyridine rings is 1. The molecule has 0 spiro atoms. The topological polar surface area (TPSA) is 59.2 Å². The molecule has 1 rings (SSSR count). The van der Waals surface area contributed by atoms with Crippen molar-refractivity contribution in [1.29, 1.82) is 0 Å². The Morgan fingerprint density at radius 1 is 1.44 bits per heavy atom. The van der Waals surface area contributed by atoms with Gasteiger partial charge >= 0.3 is 0 Å². The molecule has 2 N–H and O–H groups in total. The Kier molecular flexibility index (Phi) is 4.92. The van der Waals surface area contributed by atoms with E-state index in [2.05, 4.69) is 4.98 Å². The zero-order chi connectivity index (χ0) is 12.0. The van der Waals surface area contributed by atoms with Crippen molar-refractivity contribution in [2.24, 2.45) is 5.73 Å². The lowest BCUT2D eigenvalue weighted by Crippen LogP contribution is -2.37. The number of aromatic nitrogens is 1. The normalized spacial score (nSPS) is 10.5. The average Bonchev–Trinajstić information content (AvgIpc) is 2.27. The molecule has 0 bridgehead atoms. The Morgan fingerprint density at radius 2 is 2.06 bits per heavy atom. The van der Waals surface area contributed by atoms with Crippen LogP contribution in [0.3, 0.4) is 0 Å². The molecule has 0 aliphatic rings. The van der Waals surface area contributed by atoms with Gasteiger partial charge in [0.05, 0.1) is 0 Å². The highest BCUT2D eigenvalue weighted by Crippen LogP contribution is 2.08. The highest BCUT2D eigenvalue weighted by molar-refractivity contribution is 5.76. The first-order chi connectivity index (χ1) is 7.65. The van der Waals surface area contributed by atoms with Crippen molar-refractivity contribution in [3.05, 3.63) is 30.1 Å². The molecule has 1 heterocycles. The summed E-state index contributed by atoms with van der Waals surface area (Å²) in [6, 6.07) is 4.03. The Hall–Kier alpha value is -1.42. The van der Waals surface area contributed by atoms with Crippen LogP contribution in [0.2, 0.25) is 0 Å². The third-order valence-corrected chi connectivity index (χ3v) is 2.40. The van der Waals surface area contributed by atoms with E-state index in [1.807, 2.05) is 30.9 Å². The highest BCUT2D eigenvalue weighted by atomic mass is 16.2. The van der Waals surface area contributed by atoms with Crippen LogP contribution in [0.5, 0.6) is 0 Å². The number of hydrogen-bond acceptors (Lipinski definition) is 3. The summed E-state index contributed by atoms with van der Waals surface area (Å²) < 4.78 is 0. The van der Waals surface area contributed by atoms with Crippen LogP contribution in [0.15, 0.2) is 24.5 Å². The van der Waals surface area contributed by atoms with Crippen LogP contribution < -0.4 is 5.73 Å². The third kappa shape index (κ3) is 3.62. The molecule has 0 unspecified atom stereocenters. The fourth-order valence-corrected chi connectivity index (χ4v) is 1.51. The maximum Gasteiger partial charge on any atom is 0.224 e. The lowest BCUT2D eigenvalue weighted by molar-refractivity contribution is -0.133. The van der Waals surface area contributed by atoms with Crippen molar-refractivity contribution < 1.29 is 4.79 Å². The zero-order valence-electron chi connectivity index (χ0n) is 9.89. The van der Waals surface area contributed by atoms with E-state index in [9.17, 15) is 4.79 Å². The van der Waals surface area contributed by atoms with Crippen LogP contribution in [0, 0.1) is 0 Å². The number of carbonyl (C=O) groups excluding carboxylic acids is 1. The number of nitrogens with two attached hydrogens (primary N) is 1. The van der Waals surface area contributed by atoms with E-state index in [1.165, 1.54) is 0 Å². The Labute approximate surface area is 96.5 Å². The van der Waals surface area contributed by atoms with E-state index in [1.54, 1.807) is 12.4 Å². The second-order valence-corrected chi connectivity index (χ2v) is 4.01. The van der Waals surface area contributed by atoms with Crippen molar-refractivity contribution in [3.63, 3.8) is 0 Å². The van der Waals surface area contributed by atoms with Gasteiger partial charge in [-0.3, -0.25) is 9.78 Å². The summed E-state index contributed by atoms with van der Waals surface area (Å²) in [5.74, 6) is 0.106. The molecule has 0 fully saturated rings. The predicted molar refractivity (Wildman–Crippen MR) is 63.6 cm³/mol. The molecule has 0 atom stereocenters. The minimum atomic E-state index is 0.106. The molecule has 88 valence electrons. The van der Waals surface area contributed by atoms with Gasteiger partial charge in [0.2, 0.25) is 5.91 Å². The maximum absolute atomic E-state index is 11.8. The van der Waals surface area contributed by atoms with Crippen molar-refractivity contribution in [1.82, 2.24) is 9.88 Å². The molecule has 1 aromatic rings. The van der Waals surface area contributed by atoms with Gasteiger partial charge in [-0.2, -0.15) is 0 Å². The molecule has 1 amide bonds. The van der Waals surface area contributed by atoms with E-state index in [4.69, 9.17) is 5.73 Å². The van der Waals surface area contributed by atoms with E-state index in [0.29, 0.717) is 19.5 Å². The van der Waals surface area contributed by atoms with Gasteiger partial charge in [-0.25, -0.2) is 0 Å². The smallest absolute Gasteiger partial charge is 0.224 e. The summed E-state index contributed by atoms with van der Waals surface area (Å²) in [4.78, 5) is 17.6. The summed E-state index contributed by atoms with van der Waals surface area (Å²) in [6.45, 7) is 5.04. The Balaban J connectivity index is 2.69. The second kappa shape index (κ2) is 6.23. The Morgan fingerprint density at radius 3 is 2.56 bits per heavy atom. The van der Waals surface area contributed by atoms with Crippen LogP contribution in [0.25, 0.3) is 0 Å². The lowest BCUT2D eigenvalue weighted by atomic mass is 10.2. The van der Waals surface area contributed by atoms with Crippen molar-refractivity contribution in [2.75, 3.05) is 6.54 Å². The number of amides is 1. The van der Waals surface area contributed by atoms with Gasteiger partial charge in [0, 0.05) is 37.9 Å². The van der Waals surface area contributed by atoms with Gasteiger partial charge in [0.25, 0.3) is 0 Å². The molecule has 0 aromatic carbocycles. The van der Waals surface area contributed by atoms with E-state index in [0.717, 1.165) is 5.56 Å². The summed E-state index contributed by atoms with van der Waals surface area (Å²) in [5, 5.41) is 0.